The number of nitrogens with zero attached hydrogens (tertiary/aromatic N) is 1. The molecule has 0 aliphatic rings. The minimum absolute atomic E-state index is 0.0262. The maximum atomic E-state index is 12.3. The van der Waals surface area contributed by atoms with Crippen molar-refractivity contribution in [2.45, 2.75) is 11.3 Å². The van der Waals surface area contributed by atoms with E-state index in [2.05, 4.69) is 9.97 Å². The van der Waals surface area contributed by atoms with Crippen LogP contribution in [0.15, 0.2) is 35.5 Å². The topological polar surface area (TPSA) is 62.8 Å². The molecule has 0 fully saturated rings. The third-order valence-electron chi connectivity index (χ3n) is 3.14. The van der Waals surface area contributed by atoms with E-state index in [1.807, 2.05) is 12.1 Å². The predicted molar refractivity (Wildman–Crippen MR) is 86.2 cm³/mol. The zero-order chi connectivity index (χ0) is 15.0. The number of H-pyrrole nitrogens is 1. The van der Waals surface area contributed by atoms with Crippen molar-refractivity contribution >= 4 is 55.4 Å². The van der Waals surface area contributed by atoms with Crippen LogP contribution in [-0.2, 0) is 16.3 Å². The van der Waals surface area contributed by atoms with Gasteiger partial charge in [-0.1, -0.05) is 23.2 Å². The second-order valence-electron chi connectivity index (χ2n) is 4.47. The van der Waals surface area contributed by atoms with Crippen molar-refractivity contribution in [3.8, 4) is 0 Å². The fraction of sp³-hybridized carbons (Fsp3) is 0.154. The second kappa shape index (κ2) is 5.61. The molecule has 3 heterocycles. The Hall–Kier alpha value is -1.08. The molecule has 21 heavy (non-hydrogen) atoms. The van der Waals surface area contributed by atoms with Gasteiger partial charge in [0.1, 0.15) is 9.98 Å². The highest BCUT2D eigenvalue weighted by molar-refractivity contribution is 7.91. The number of aromatic amines is 1. The number of rotatable bonds is 4. The number of aromatic nitrogens is 2. The van der Waals surface area contributed by atoms with Gasteiger partial charge in [-0.25, -0.2) is 13.4 Å². The van der Waals surface area contributed by atoms with Gasteiger partial charge in [-0.2, -0.15) is 0 Å². The minimum Gasteiger partial charge on any atom is -0.346 e. The Kier molecular flexibility index (Phi) is 3.96. The van der Waals surface area contributed by atoms with Crippen molar-refractivity contribution in [1.29, 1.82) is 0 Å². The summed E-state index contributed by atoms with van der Waals surface area (Å²) < 4.78 is 25.2. The lowest BCUT2D eigenvalue weighted by atomic mass is 10.2. The fourth-order valence-corrected chi connectivity index (χ4v) is 5.63. The van der Waals surface area contributed by atoms with Crippen molar-refractivity contribution in [3.05, 3.63) is 44.8 Å². The zero-order valence-corrected chi connectivity index (χ0v) is 13.8. The molecule has 4 nitrogen and oxygen atoms in total. The normalized spacial score (nSPS) is 12.1. The van der Waals surface area contributed by atoms with E-state index < -0.39 is 9.84 Å². The molecule has 0 saturated heterocycles. The Morgan fingerprint density at radius 3 is 2.86 bits per heavy atom. The van der Waals surface area contributed by atoms with Crippen molar-refractivity contribution in [3.63, 3.8) is 0 Å². The van der Waals surface area contributed by atoms with Gasteiger partial charge >= 0.3 is 0 Å². The van der Waals surface area contributed by atoms with Gasteiger partial charge < -0.3 is 4.98 Å². The van der Waals surface area contributed by atoms with Crippen LogP contribution >= 0.6 is 34.5 Å². The smallest absolute Gasteiger partial charge is 0.181 e. The predicted octanol–water partition coefficient (Wildman–Crippen LogP) is 3.95. The summed E-state index contributed by atoms with van der Waals surface area (Å²) in [7, 11) is -3.46. The van der Waals surface area contributed by atoms with Gasteiger partial charge in [-0.3, -0.25) is 0 Å². The van der Waals surface area contributed by atoms with E-state index in [-0.39, 0.29) is 15.0 Å². The highest BCUT2D eigenvalue weighted by Gasteiger charge is 2.21. The Bertz CT molecular complexity index is 900. The molecule has 0 aliphatic heterocycles. The maximum Gasteiger partial charge on any atom is 0.181 e. The van der Waals surface area contributed by atoms with Gasteiger partial charge in [0, 0.05) is 17.8 Å². The molecule has 0 atom stereocenters. The van der Waals surface area contributed by atoms with Gasteiger partial charge in [0.2, 0.25) is 0 Å². The summed E-state index contributed by atoms with van der Waals surface area (Å²) in [6, 6.07) is 5.14. The average molecular weight is 361 g/mol. The maximum absolute atomic E-state index is 12.3. The molecule has 8 heteroatoms. The zero-order valence-electron chi connectivity index (χ0n) is 10.6. The number of fused-ring (bicyclic) bond motifs is 1. The van der Waals surface area contributed by atoms with Gasteiger partial charge in [-0.05, 0) is 30.2 Å². The van der Waals surface area contributed by atoms with Crippen LogP contribution in [0, 0.1) is 0 Å². The fourth-order valence-electron chi connectivity index (χ4n) is 2.11. The summed E-state index contributed by atoms with van der Waals surface area (Å²) in [6.07, 6.45) is 3.86. The monoisotopic (exact) mass is 360 g/mol. The lowest BCUT2D eigenvalue weighted by molar-refractivity contribution is 0.596. The van der Waals surface area contributed by atoms with Crippen LogP contribution < -0.4 is 0 Å². The summed E-state index contributed by atoms with van der Waals surface area (Å²) in [4.78, 5) is 7.32. The Labute approximate surface area is 135 Å². The van der Waals surface area contributed by atoms with E-state index in [1.165, 1.54) is 6.07 Å². The number of hydrogen-bond donors (Lipinski definition) is 1. The highest BCUT2D eigenvalue weighted by atomic mass is 35.5. The largest absolute Gasteiger partial charge is 0.346 e. The number of hydrogen-bond acceptors (Lipinski definition) is 4. The number of sulfone groups is 1. The third kappa shape index (κ3) is 2.94. The van der Waals surface area contributed by atoms with Gasteiger partial charge in [0.05, 0.1) is 15.0 Å². The standard InChI is InChI=1S/C13H10Cl2N2O2S2/c14-11-6-10(12(15)20-11)21(18,19)5-3-8-7-17-13-9(8)2-1-4-16-13/h1-2,4,6-7H,3,5H2,(H,16,17). The first-order chi connectivity index (χ1) is 9.97. The number of thiophene rings is 1. The molecule has 0 bridgehead atoms. The van der Waals surface area contributed by atoms with Crippen molar-refractivity contribution in [2.75, 3.05) is 5.75 Å². The van der Waals surface area contributed by atoms with Crippen LogP contribution in [0.2, 0.25) is 8.67 Å². The Balaban J connectivity index is 1.85. The SMILES string of the molecule is O=S(=O)(CCc1c[nH]c2ncccc12)c1cc(Cl)sc1Cl. The van der Waals surface area contributed by atoms with Crippen molar-refractivity contribution in [1.82, 2.24) is 9.97 Å². The van der Waals surface area contributed by atoms with Crippen LogP contribution in [0.4, 0.5) is 0 Å². The lowest BCUT2D eigenvalue weighted by Gasteiger charge is -2.02. The average Bonchev–Trinajstić information content (AvgIpc) is 3.00. The minimum atomic E-state index is -3.46. The molecule has 110 valence electrons. The summed E-state index contributed by atoms with van der Waals surface area (Å²) >= 11 is 12.8. The van der Waals surface area contributed by atoms with Crippen molar-refractivity contribution in [2.24, 2.45) is 0 Å². The van der Waals surface area contributed by atoms with E-state index in [9.17, 15) is 8.42 Å². The molecule has 0 radical (unpaired) electrons. The van der Waals surface area contributed by atoms with Crippen LogP contribution in [-0.4, -0.2) is 24.1 Å². The van der Waals surface area contributed by atoms with E-state index in [1.54, 1.807) is 12.4 Å². The van der Waals surface area contributed by atoms with E-state index in [4.69, 9.17) is 23.2 Å². The molecule has 0 unspecified atom stereocenters. The number of aryl methyl sites for hydroxylation is 1. The molecule has 0 aliphatic carbocycles. The highest BCUT2D eigenvalue weighted by Crippen LogP contribution is 2.35. The van der Waals surface area contributed by atoms with Crippen LogP contribution in [0.5, 0.6) is 0 Å². The van der Waals surface area contributed by atoms with E-state index >= 15 is 0 Å². The van der Waals surface area contributed by atoms with Gasteiger partial charge in [0.15, 0.2) is 9.84 Å². The Morgan fingerprint density at radius 1 is 1.33 bits per heavy atom. The third-order valence-corrected chi connectivity index (χ3v) is 6.60. The first-order valence-electron chi connectivity index (χ1n) is 6.06. The molecule has 3 rings (SSSR count). The van der Waals surface area contributed by atoms with Crippen LogP contribution in [0.1, 0.15) is 5.56 Å². The molecule has 1 N–H and O–H groups in total. The number of halogens is 2. The first-order valence-corrected chi connectivity index (χ1v) is 9.28. The van der Waals surface area contributed by atoms with Crippen LogP contribution in [0.25, 0.3) is 11.0 Å². The quantitative estimate of drug-likeness (QED) is 0.765. The molecule has 0 saturated carbocycles. The summed E-state index contributed by atoms with van der Waals surface area (Å²) in [5, 5.41) is 0.933. The lowest BCUT2D eigenvalue weighted by Crippen LogP contribution is -2.08. The number of nitrogens with one attached hydrogen (secondary N) is 1. The van der Waals surface area contributed by atoms with Crippen LogP contribution in [0.3, 0.4) is 0 Å². The molecular weight excluding hydrogens is 351 g/mol. The molecule has 3 aromatic rings. The Morgan fingerprint density at radius 2 is 2.14 bits per heavy atom. The first kappa shape index (κ1) is 14.8. The molecular formula is C13H10Cl2N2O2S2. The second-order valence-corrected chi connectivity index (χ2v) is 8.83. The van der Waals surface area contributed by atoms with E-state index in [0.29, 0.717) is 10.8 Å². The summed E-state index contributed by atoms with van der Waals surface area (Å²) in [5.74, 6) is -0.0262. The molecule has 3 aromatic heterocycles. The summed E-state index contributed by atoms with van der Waals surface area (Å²) in [6.45, 7) is 0. The van der Waals surface area contributed by atoms with Crippen molar-refractivity contribution < 1.29 is 8.42 Å². The summed E-state index contributed by atoms with van der Waals surface area (Å²) in [5.41, 5.74) is 1.67. The molecule has 0 amide bonds. The number of pyridine rings is 1. The van der Waals surface area contributed by atoms with E-state index in [0.717, 1.165) is 27.9 Å². The molecule has 0 aromatic carbocycles. The van der Waals surface area contributed by atoms with Gasteiger partial charge in [0.25, 0.3) is 0 Å². The van der Waals surface area contributed by atoms with Gasteiger partial charge in [-0.15, -0.1) is 11.3 Å². The molecule has 0 spiro atoms.